The van der Waals surface area contributed by atoms with Crippen molar-refractivity contribution in [1.29, 1.82) is 0 Å². The number of fused-ring (bicyclic) bond motifs is 1. The summed E-state index contributed by atoms with van der Waals surface area (Å²) in [5.41, 5.74) is 5.96. The van der Waals surface area contributed by atoms with Crippen molar-refractivity contribution in [3.63, 3.8) is 0 Å². The van der Waals surface area contributed by atoms with E-state index in [1.54, 1.807) is 5.56 Å². The first-order valence-electron chi connectivity index (χ1n) is 8.52. The average Bonchev–Trinajstić information content (AvgIpc) is 2.57. The van der Waals surface area contributed by atoms with Crippen molar-refractivity contribution >= 4 is 15.9 Å². The molecular weight excluding hydrogens is 340 g/mol. The van der Waals surface area contributed by atoms with Crippen LogP contribution in [0.5, 0.6) is 5.75 Å². The molecule has 0 radical (unpaired) electrons. The zero-order valence-corrected chi connectivity index (χ0v) is 15.4. The van der Waals surface area contributed by atoms with Crippen molar-refractivity contribution in [2.24, 2.45) is 0 Å². The molecule has 3 rings (SSSR count). The topological polar surface area (TPSA) is 24.5 Å². The number of ether oxygens (including phenoxy) is 1. The summed E-state index contributed by atoms with van der Waals surface area (Å²) in [5.74, 6) is 1.08. The van der Waals surface area contributed by atoms with Gasteiger partial charge in [-0.05, 0) is 77.2 Å². The highest BCUT2D eigenvalue weighted by molar-refractivity contribution is 9.10. The first kappa shape index (κ1) is 16.3. The second-order valence-corrected chi connectivity index (χ2v) is 7.25. The molecule has 1 aliphatic carbocycles. The SMILES string of the molecule is COc1c(Br)c2c(c(C)c1CCN1CCNCC1)CCCC2. The third-order valence-corrected chi connectivity index (χ3v) is 6.04. The summed E-state index contributed by atoms with van der Waals surface area (Å²) in [6.45, 7) is 7.98. The Balaban J connectivity index is 1.86. The van der Waals surface area contributed by atoms with E-state index in [9.17, 15) is 0 Å². The molecule has 3 nitrogen and oxygen atoms in total. The predicted octanol–water partition coefficient (Wildman–Crippen LogP) is 3.09. The van der Waals surface area contributed by atoms with E-state index in [-0.39, 0.29) is 0 Å². The number of rotatable bonds is 4. The summed E-state index contributed by atoms with van der Waals surface area (Å²) in [7, 11) is 1.81. The van der Waals surface area contributed by atoms with Gasteiger partial charge in [-0.2, -0.15) is 0 Å². The van der Waals surface area contributed by atoms with Crippen LogP contribution in [0.4, 0.5) is 0 Å². The zero-order chi connectivity index (χ0) is 15.5. The molecule has 22 heavy (non-hydrogen) atoms. The summed E-state index contributed by atoms with van der Waals surface area (Å²) in [5, 5.41) is 3.42. The minimum atomic E-state index is 1.08. The lowest BCUT2D eigenvalue weighted by molar-refractivity contribution is 0.243. The van der Waals surface area contributed by atoms with E-state index in [0.717, 1.165) is 44.9 Å². The largest absolute Gasteiger partial charge is 0.495 e. The fourth-order valence-electron chi connectivity index (χ4n) is 3.90. The number of halogens is 1. The summed E-state index contributed by atoms with van der Waals surface area (Å²) < 4.78 is 7.00. The summed E-state index contributed by atoms with van der Waals surface area (Å²) in [6, 6.07) is 0. The fraction of sp³-hybridized carbons (Fsp3) is 0.667. The van der Waals surface area contributed by atoms with Crippen LogP contribution in [0.3, 0.4) is 0 Å². The van der Waals surface area contributed by atoms with Crippen molar-refractivity contribution < 1.29 is 4.74 Å². The average molecular weight is 367 g/mol. The van der Waals surface area contributed by atoms with Crippen molar-refractivity contribution in [2.45, 2.75) is 39.0 Å². The maximum Gasteiger partial charge on any atom is 0.136 e. The van der Waals surface area contributed by atoms with Gasteiger partial charge in [0.05, 0.1) is 11.6 Å². The zero-order valence-electron chi connectivity index (χ0n) is 13.8. The standard InChI is InChI=1S/C18H27BrN2O/c1-13-14-5-3-4-6-16(14)17(19)18(22-2)15(13)7-10-21-11-8-20-9-12-21/h20H,3-12H2,1-2H3. The van der Waals surface area contributed by atoms with Crippen LogP contribution in [0.2, 0.25) is 0 Å². The van der Waals surface area contributed by atoms with E-state index in [1.165, 1.54) is 46.8 Å². The van der Waals surface area contributed by atoms with Gasteiger partial charge in [0.25, 0.3) is 0 Å². The molecule has 4 heteroatoms. The Morgan fingerprint density at radius 2 is 1.82 bits per heavy atom. The number of methoxy groups -OCH3 is 1. The molecule has 0 spiro atoms. The lowest BCUT2D eigenvalue weighted by atomic mass is 9.85. The van der Waals surface area contributed by atoms with Gasteiger partial charge < -0.3 is 15.0 Å². The van der Waals surface area contributed by atoms with Gasteiger partial charge >= 0.3 is 0 Å². The molecule has 1 aliphatic heterocycles. The molecule has 122 valence electrons. The maximum absolute atomic E-state index is 5.79. The molecule has 0 saturated carbocycles. The molecule has 1 heterocycles. The van der Waals surface area contributed by atoms with Gasteiger partial charge in [0.15, 0.2) is 0 Å². The van der Waals surface area contributed by atoms with Crippen molar-refractivity contribution in [2.75, 3.05) is 39.8 Å². The Labute approximate surface area is 142 Å². The van der Waals surface area contributed by atoms with Crippen LogP contribution in [-0.2, 0) is 19.3 Å². The summed E-state index contributed by atoms with van der Waals surface area (Å²) >= 11 is 3.83. The minimum absolute atomic E-state index is 1.08. The number of piperazine rings is 1. The van der Waals surface area contributed by atoms with Gasteiger partial charge in [-0.25, -0.2) is 0 Å². The van der Waals surface area contributed by atoms with Crippen LogP contribution in [0, 0.1) is 6.92 Å². The number of nitrogens with zero attached hydrogens (tertiary/aromatic N) is 1. The molecule has 1 aromatic carbocycles. The van der Waals surface area contributed by atoms with Gasteiger partial charge in [-0.1, -0.05) is 0 Å². The van der Waals surface area contributed by atoms with Gasteiger partial charge in [0.1, 0.15) is 5.75 Å². The number of nitrogens with one attached hydrogen (secondary N) is 1. The molecule has 1 fully saturated rings. The lowest BCUT2D eigenvalue weighted by Gasteiger charge is -2.29. The van der Waals surface area contributed by atoms with Crippen LogP contribution in [-0.4, -0.2) is 44.7 Å². The number of hydrogen-bond donors (Lipinski definition) is 1. The molecule has 1 aromatic rings. The fourth-order valence-corrected chi connectivity index (χ4v) is 4.74. The van der Waals surface area contributed by atoms with E-state index < -0.39 is 0 Å². The Morgan fingerprint density at radius 3 is 2.50 bits per heavy atom. The highest BCUT2D eigenvalue weighted by Crippen LogP contribution is 2.41. The lowest BCUT2D eigenvalue weighted by Crippen LogP contribution is -2.44. The summed E-state index contributed by atoms with van der Waals surface area (Å²) in [6.07, 6.45) is 6.12. The van der Waals surface area contributed by atoms with Crippen LogP contribution >= 0.6 is 15.9 Å². The third-order valence-electron chi connectivity index (χ3n) is 5.20. The first-order valence-corrected chi connectivity index (χ1v) is 9.31. The van der Waals surface area contributed by atoms with Crippen molar-refractivity contribution in [1.82, 2.24) is 10.2 Å². The van der Waals surface area contributed by atoms with E-state index >= 15 is 0 Å². The second-order valence-electron chi connectivity index (χ2n) is 6.46. The van der Waals surface area contributed by atoms with Gasteiger partial charge in [0.2, 0.25) is 0 Å². The maximum atomic E-state index is 5.79. The van der Waals surface area contributed by atoms with Crippen molar-refractivity contribution in [3.05, 3.63) is 26.7 Å². The molecule has 1 N–H and O–H groups in total. The van der Waals surface area contributed by atoms with E-state index in [4.69, 9.17) is 4.74 Å². The third kappa shape index (κ3) is 3.19. The second kappa shape index (κ2) is 7.33. The highest BCUT2D eigenvalue weighted by atomic mass is 79.9. The highest BCUT2D eigenvalue weighted by Gasteiger charge is 2.23. The molecule has 1 saturated heterocycles. The van der Waals surface area contributed by atoms with Crippen LogP contribution in [0.1, 0.15) is 35.1 Å². The monoisotopic (exact) mass is 366 g/mol. The predicted molar refractivity (Wildman–Crippen MR) is 95.1 cm³/mol. The number of benzene rings is 1. The summed E-state index contributed by atoms with van der Waals surface area (Å²) in [4.78, 5) is 2.56. The van der Waals surface area contributed by atoms with Crippen LogP contribution < -0.4 is 10.1 Å². The van der Waals surface area contributed by atoms with Gasteiger partial charge in [0, 0.05) is 32.7 Å². The smallest absolute Gasteiger partial charge is 0.136 e. The van der Waals surface area contributed by atoms with Crippen LogP contribution in [0.15, 0.2) is 4.47 Å². The quantitative estimate of drug-likeness (QED) is 0.885. The van der Waals surface area contributed by atoms with Crippen LogP contribution in [0.25, 0.3) is 0 Å². The van der Waals surface area contributed by atoms with E-state index in [2.05, 4.69) is 33.1 Å². The van der Waals surface area contributed by atoms with Crippen molar-refractivity contribution in [3.8, 4) is 5.75 Å². The Bertz CT molecular complexity index is 539. The Hall–Kier alpha value is -0.580. The Morgan fingerprint density at radius 1 is 1.14 bits per heavy atom. The molecular formula is C18H27BrN2O. The van der Waals surface area contributed by atoms with Gasteiger partial charge in [-0.3, -0.25) is 0 Å². The first-order chi connectivity index (χ1) is 10.7. The molecule has 0 amide bonds. The molecule has 0 aromatic heterocycles. The minimum Gasteiger partial charge on any atom is -0.495 e. The molecule has 2 aliphatic rings. The van der Waals surface area contributed by atoms with Gasteiger partial charge in [-0.15, -0.1) is 0 Å². The Kier molecular flexibility index (Phi) is 5.42. The van der Waals surface area contributed by atoms with E-state index in [1.807, 2.05) is 7.11 Å². The molecule has 0 unspecified atom stereocenters. The number of hydrogen-bond acceptors (Lipinski definition) is 3. The van der Waals surface area contributed by atoms with E-state index in [0.29, 0.717) is 0 Å². The molecule has 0 atom stereocenters. The molecule has 0 bridgehead atoms. The normalized spacial score (nSPS) is 19.0.